The summed E-state index contributed by atoms with van der Waals surface area (Å²) in [5.41, 5.74) is 3.68. The van der Waals surface area contributed by atoms with Crippen molar-refractivity contribution < 1.29 is 19.1 Å². The molecular weight excluding hydrogens is 590 g/mol. The molecule has 9 nitrogen and oxygen atoms in total. The Bertz CT molecular complexity index is 1670. The molecule has 3 aromatic carbocycles. The molecule has 1 aromatic heterocycles. The zero-order chi connectivity index (χ0) is 32.8. The highest BCUT2D eigenvalue weighted by molar-refractivity contribution is 6.04. The average Bonchev–Trinajstić information content (AvgIpc) is 3.63. The van der Waals surface area contributed by atoms with Crippen LogP contribution in [0.5, 0.6) is 0 Å². The smallest absolute Gasteiger partial charge is 0.410 e. The highest BCUT2D eigenvalue weighted by Gasteiger charge is 2.42. The molecule has 4 aromatic rings. The number of H-pyrrole nitrogens is 1. The van der Waals surface area contributed by atoms with Gasteiger partial charge in [0.25, 0.3) is 5.91 Å². The molecular formula is C38H45N5O4. The SMILES string of the molecule is CCN(C(=O)OCc1ccccc1)C1CCN(CCC(C)(CN2C(=O)N[C@H](Cc3c[nH]c4ccccc34)C2=O)c2ccccc2)CC1. The number of fused-ring (bicyclic) bond motifs is 1. The monoisotopic (exact) mass is 635 g/mol. The number of aromatic amines is 1. The van der Waals surface area contributed by atoms with Gasteiger partial charge >= 0.3 is 12.1 Å². The Kier molecular flexibility index (Phi) is 9.92. The van der Waals surface area contributed by atoms with E-state index in [9.17, 15) is 14.4 Å². The molecule has 2 aliphatic heterocycles. The first kappa shape index (κ1) is 32.3. The van der Waals surface area contributed by atoms with E-state index in [2.05, 4.69) is 34.3 Å². The fourth-order valence-electron chi connectivity index (χ4n) is 7.09. The summed E-state index contributed by atoms with van der Waals surface area (Å²) in [5, 5.41) is 4.02. The number of nitrogens with one attached hydrogen (secondary N) is 2. The highest BCUT2D eigenvalue weighted by atomic mass is 16.6. The lowest BCUT2D eigenvalue weighted by Gasteiger charge is -2.40. The molecule has 0 saturated carbocycles. The van der Waals surface area contributed by atoms with Gasteiger partial charge in [-0.2, -0.15) is 0 Å². The highest BCUT2D eigenvalue weighted by Crippen LogP contribution is 2.32. The molecule has 0 spiro atoms. The summed E-state index contributed by atoms with van der Waals surface area (Å²) in [5.74, 6) is -0.179. The van der Waals surface area contributed by atoms with Gasteiger partial charge in [-0.05, 0) is 55.5 Å². The minimum atomic E-state index is -0.596. The van der Waals surface area contributed by atoms with Gasteiger partial charge in [-0.15, -0.1) is 0 Å². The average molecular weight is 636 g/mol. The van der Waals surface area contributed by atoms with Gasteiger partial charge in [0.05, 0.1) is 0 Å². The van der Waals surface area contributed by atoms with Crippen molar-refractivity contribution >= 4 is 28.9 Å². The van der Waals surface area contributed by atoms with E-state index in [4.69, 9.17) is 4.74 Å². The normalized spacial score (nSPS) is 18.7. The Morgan fingerprint density at radius 2 is 1.64 bits per heavy atom. The van der Waals surface area contributed by atoms with Crippen LogP contribution in [0.3, 0.4) is 0 Å². The first-order chi connectivity index (χ1) is 22.8. The lowest BCUT2D eigenvalue weighted by atomic mass is 9.78. The van der Waals surface area contributed by atoms with Gasteiger partial charge < -0.3 is 24.8 Å². The first-order valence-corrected chi connectivity index (χ1v) is 16.8. The van der Waals surface area contributed by atoms with E-state index in [1.807, 2.05) is 90.8 Å². The molecule has 2 fully saturated rings. The summed E-state index contributed by atoms with van der Waals surface area (Å²) in [6.07, 6.45) is 4.64. The Labute approximate surface area is 276 Å². The van der Waals surface area contributed by atoms with Crippen LogP contribution in [0, 0.1) is 0 Å². The number of nitrogens with zero attached hydrogens (tertiary/aromatic N) is 3. The zero-order valence-electron chi connectivity index (χ0n) is 27.4. The van der Waals surface area contributed by atoms with Gasteiger partial charge in [0.15, 0.2) is 0 Å². The third-order valence-electron chi connectivity index (χ3n) is 9.94. The second kappa shape index (κ2) is 14.4. The van der Waals surface area contributed by atoms with Crippen molar-refractivity contribution in [2.45, 2.75) is 63.6 Å². The molecule has 246 valence electrons. The van der Waals surface area contributed by atoms with Crippen LogP contribution in [0.4, 0.5) is 9.59 Å². The van der Waals surface area contributed by atoms with Gasteiger partial charge in [0.2, 0.25) is 0 Å². The Balaban J connectivity index is 1.06. The number of aromatic nitrogens is 1. The lowest BCUT2D eigenvalue weighted by molar-refractivity contribution is -0.128. The minimum Gasteiger partial charge on any atom is -0.445 e. The van der Waals surface area contributed by atoms with Crippen LogP contribution >= 0.6 is 0 Å². The van der Waals surface area contributed by atoms with Crippen molar-refractivity contribution in [1.29, 1.82) is 0 Å². The molecule has 0 aliphatic carbocycles. The van der Waals surface area contributed by atoms with E-state index in [1.165, 1.54) is 4.90 Å². The summed E-state index contributed by atoms with van der Waals surface area (Å²) >= 11 is 0. The maximum Gasteiger partial charge on any atom is 0.410 e. The van der Waals surface area contributed by atoms with E-state index in [0.717, 1.165) is 66.5 Å². The molecule has 2 atom stereocenters. The van der Waals surface area contributed by atoms with Crippen molar-refractivity contribution in [3.8, 4) is 0 Å². The van der Waals surface area contributed by atoms with Crippen molar-refractivity contribution in [2.24, 2.45) is 0 Å². The molecule has 0 bridgehead atoms. The second-order valence-electron chi connectivity index (χ2n) is 13.1. The van der Waals surface area contributed by atoms with Crippen LogP contribution in [0.1, 0.15) is 49.8 Å². The van der Waals surface area contributed by atoms with Crippen molar-refractivity contribution in [2.75, 3.05) is 32.7 Å². The van der Waals surface area contributed by atoms with Crippen molar-refractivity contribution in [3.05, 3.63) is 108 Å². The van der Waals surface area contributed by atoms with Crippen molar-refractivity contribution in [3.63, 3.8) is 0 Å². The number of carbonyl (C=O) groups excluding carboxylic acids is 3. The van der Waals surface area contributed by atoms with Gasteiger partial charge in [-0.1, -0.05) is 85.8 Å². The van der Waals surface area contributed by atoms with Crippen LogP contribution < -0.4 is 5.32 Å². The molecule has 0 radical (unpaired) electrons. The van der Waals surface area contributed by atoms with E-state index < -0.39 is 11.5 Å². The minimum absolute atomic E-state index is 0.139. The largest absolute Gasteiger partial charge is 0.445 e. The number of urea groups is 1. The Morgan fingerprint density at radius 1 is 0.957 bits per heavy atom. The number of carbonyl (C=O) groups is 3. The first-order valence-electron chi connectivity index (χ1n) is 16.8. The number of imide groups is 1. The summed E-state index contributed by atoms with van der Waals surface area (Å²) in [6.45, 7) is 7.91. The summed E-state index contributed by atoms with van der Waals surface area (Å²) in [4.78, 5) is 48.9. The number of likely N-dealkylation sites (tertiary alicyclic amines) is 1. The van der Waals surface area contributed by atoms with Crippen LogP contribution in [0.2, 0.25) is 0 Å². The zero-order valence-corrected chi connectivity index (χ0v) is 27.4. The predicted octanol–water partition coefficient (Wildman–Crippen LogP) is 6.10. The fraction of sp³-hybridized carbons (Fsp3) is 0.395. The molecule has 1 unspecified atom stereocenters. The summed E-state index contributed by atoms with van der Waals surface area (Å²) in [7, 11) is 0. The van der Waals surface area contributed by atoms with Gasteiger partial charge in [-0.3, -0.25) is 9.69 Å². The third-order valence-corrected chi connectivity index (χ3v) is 9.94. The molecule has 47 heavy (non-hydrogen) atoms. The van der Waals surface area contributed by atoms with Gasteiger partial charge in [-0.25, -0.2) is 9.59 Å². The Hall–Kier alpha value is -4.63. The van der Waals surface area contributed by atoms with Crippen LogP contribution in [0.15, 0.2) is 91.1 Å². The maximum absolute atomic E-state index is 13.7. The van der Waals surface area contributed by atoms with E-state index >= 15 is 0 Å². The molecule has 3 heterocycles. The molecule has 2 saturated heterocycles. The quantitative estimate of drug-likeness (QED) is 0.183. The summed E-state index contributed by atoms with van der Waals surface area (Å²) < 4.78 is 5.65. The van der Waals surface area contributed by atoms with Crippen LogP contribution in [0.25, 0.3) is 10.9 Å². The number of rotatable bonds is 12. The predicted molar refractivity (Wildman–Crippen MR) is 183 cm³/mol. The van der Waals surface area contributed by atoms with E-state index in [1.54, 1.807) is 0 Å². The molecule has 2 N–H and O–H groups in total. The molecule has 4 amide bonds. The fourth-order valence-corrected chi connectivity index (χ4v) is 7.09. The maximum atomic E-state index is 13.7. The second-order valence-corrected chi connectivity index (χ2v) is 13.1. The topological polar surface area (TPSA) is 98.0 Å². The van der Waals surface area contributed by atoms with Crippen molar-refractivity contribution in [1.82, 2.24) is 25.0 Å². The van der Waals surface area contributed by atoms with Gasteiger partial charge in [0, 0.05) is 61.2 Å². The molecule has 2 aliphatic rings. The van der Waals surface area contributed by atoms with E-state index in [-0.39, 0.29) is 30.7 Å². The number of ether oxygens (including phenoxy) is 1. The van der Waals surface area contributed by atoms with E-state index in [0.29, 0.717) is 19.5 Å². The van der Waals surface area contributed by atoms with Crippen LogP contribution in [-0.2, 0) is 28.0 Å². The summed E-state index contributed by atoms with van der Waals surface area (Å²) in [6, 6.07) is 27.2. The number of para-hydroxylation sites is 1. The van der Waals surface area contributed by atoms with Crippen LogP contribution in [-0.4, -0.2) is 82.5 Å². The number of benzene rings is 3. The lowest BCUT2D eigenvalue weighted by Crippen LogP contribution is -2.49. The third kappa shape index (κ3) is 7.36. The Morgan fingerprint density at radius 3 is 2.36 bits per heavy atom. The number of hydrogen-bond donors (Lipinski definition) is 2. The number of amides is 4. The van der Waals surface area contributed by atoms with Gasteiger partial charge in [0.1, 0.15) is 12.6 Å². The standard InChI is InChI=1S/C38H45N5O4/c1-3-42(37(46)47-26-28-12-6-4-7-13-28)31-18-21-41(22-19-31)23-20-38(2,30-14-8-5-9-15-30)27-43-35(44)34(40-36(43)45)24-29-25-39-33-17-11-10-16-32(29)33/h4-17,25,31,34,39H,3,18-24,26-27H2,1-2H3,(H,40,45)/t34-,38?/m1/s1. The number of piperidine rings is 1. The molecule has 6 rings (SSSR count). The molecule has 9 heteroatoms. The number of hydrogen-bond acceptors (Lipinski definition) is 5.